The summed E-state index contributed by atoms with van der Waals surface area (Å²) in [4.78, 5) is 38.8. The minimum Gasteiger partial charge on any atom is -0.481 e. The number of thioether (sulfide) groups is 1. The van der Waals surface area contributed by atoms with Crippen LogP contribution in [0.4, 0.5) is 11.4 Å². The van der Waals surface area contributed by atoms with E-state index in [1.54, 1.807) is 6.07 Å². The number of aliphatic carboxylic acids is 1. The van der Waals surface area contributed by atoms with E-state index in [2.05, 4.69) is 10.6 Å². The monoisotopic (exact) mass is 514 g/mol. The SMILES string of the molecule is Cc1ccc(NC(=O)C(Sc2cccc(NC(=O)C3CC=CCC3C(=O)O)c2)c2ccccc2)c(C)c1. The molecule has 7 heteroatoms. The molecule has 0 heterocycles. The van der Waals surface area contributed by atoms with Crippen molar-refractivity contribution in [3.63, 3.8) is 0 Å². The first-order valence-corrected chi connectivity index (χ1v) is 13.1. The molecule has 0 fully saturated rings. The predicted octanol–water partition coefficient (Wildman–Crippen LogP) is 6.38. The van der Waals surface area contributed by atoms with Crippen LogP contribution in [-0.4, -0.2) is 22.9 Å². The number of aryl methyl sites for hydroxylation is 2. The van der Waals surface area contributed by atoms with Gasteiger partial charge >= 0.3 is 5.97 Å². The largest absolute Gasteiger partial charge is 0.481 e. The zero-order valence-electron chi connectivity index (χ0n) is 20.8. The van der Waals surface area contributed by atoms with Crippen molar-refractivity contribution >= 4 is 40.9 Å². The van der Waals surface area contributed by atoms with Crippen LogP contribution in [-0.2, 0) is 14.4 Å². The van der Waals surface area contributed by atoms with E-state index in [0.29, 0.717) is 18.5 Å². The van der Waals surface area contributed by atoms with Crippen molar-refractivity contribution in [2.75, 3.05) is 10.6 Å². The Morgan fingerprint density at radius 3 is 2.30 bits per heavy atom. The topological polar surface area (TPSA) is 95.5 Å². The molecular formula is C30H30N2O4S. The third kappa shape index (κ3) is 6.68. The third-order valence-electron chi connectivity index (χ3n) is 6.42. The van der Waals surface area contributed by atoms with Gasteiger partial charge in [0.1, 0.15) is 5.25 Å². The van der Waals surface area contributed by atoms with E-state index >= 15 is 0 Å². The molecule has 3 unspecified atom stereocenters. The summed E-state index contributed by atoms with van der Waals surface area (Å²) in [6.45, 7) is 3.98. The Balaban J connectivity index is 1.53. The van der Waals surface area contributed by atoms with E-state index in [1.807, 2.05) is 92.7 Å². The molecule has 3 aromatic carbocycles. The van der Waals surface area contributed by atoms with Crippen molar-refractivity contribution in [3.8, 4) is 0 Å². The lowest BCUT2D eigenvalue weighted by atomic mass is 9.82. The van der Waals surface area contributed by atoms with Gasteiger partial charge in [-0.2, -0.15) is 0 Å². The Kier molecular flexibility index (Phi) is 8.46. The number of hydrogen-bond donors (Lipinski definition) is 3. The predicted molar refractivity (Wildman–Crippen MR) is 148 cm³/mol. The Morgan fingerprint density at radius 1 is 0.865 bits per heavy atom. The van der Waals surface area contributed by atoms with Gasteiger partial charge in [0.05, 0.1) is 11.8 Å². The minimum atomic E-state index is -0.964. The first-order valence-electron chi connectivity index (χ1n) is 12.2. The maximum absolute atomic E-state index is 13.5. The molecule has 6 nitrogen and oxygen atoms in total. The molecule has 0 bridgehead atoms. The molecule has 0 spiro atoms. The molecule has 1 aliphatic rings. The number of carboxylic acid groups (broad SMARTS) is 1. The van der Waals surface area contributed by atoms with Crippen LogP contribution in [0.15, 0.2) is 89.8 Å². The minimum absolute atomic E-state index is 0.143. The Labute approximate surface area is 221 Å². The number of carboxylic acids is 1. The van der Waals surface area contributed by atoms with Gasteiger partial charge in [-0.25, -0.2) is 0 Å². The molecule has 0 aliphatic heterocycles. The molecule has 37 heavy (non-hydrogen) atoms. The molecule has 0 saturated heterocycles. The average Bonchev–Trinajstić information content (AvgIpc) is 2.89. The second-order valence-corrected chi connectivity index (χ2v) is 10.4. The smallest absolute Gasteiger partial charge is 0.307 e. The molecular weight excluding hydrogens is 484 g/mol. The first-order chi connectivity index (χ1) is 17.8. The molecule has 0 aromatic heterocycles. The fraction of sp³-hybridized carbons (Fsp3) is 0.233. The summed E-state index contributed by atoms with van der Waals surface area (Å²) >= 11 is 1.39. The molecule has 3 N–H and O–H groups in total. The molecule has 1 aliphatic carbocycles. The molecule has 3 atom stereocenters. The van der Waals surface area contributed by atoms with Gasteiger partial charge in [-0.1, -0.05) is 66.2 Å². The second-order valence-electron chi connectivity index (χ2n) is 9.23. The standard InChI is InChI=1S/C30H30N2O4S/c1-19-15-16-26(20(2)17-19)32-29(34)27(21-9-4-3-5-10-21)37-23-12-8-11-22(18-23)31-28(33)24-13-6-7-14-25(24)30(35)36/h3-12,15-18,24-25,27H,13-14H2,1-2H3,(H,31,33)(H,32,34)(H,35,36). The molecule has 0 saturated carbocycles. The number of amides is 2. The number of rotatable bonds is 8. The summed E-state index contributed by atoms with van der Waals surface area (Å²) in [5.41, 5.74) is 4.32. The fourth-order valence-corrected chi connectivity index (χ4v) is 5.53. The highest BCUT2D eigenvalue weighted by Crippen LogP contribution is 2.38. The van der Waals surface area contributed by atoms with Gasteiger partial charge in [0.2, 0.25) is 11.8 Å². The highest BCUT2D eigenvalue weighted by molar-refractivity contribution is 8.00. The van der Waals surface area contributed by atoms with Gasteiger partial charge in [0.15, 0.2) is 0 Å². The summed E-state index contributed by atoms with van der Waals surface area (Å²) in [6.07, 6.45) is 4.41. The van der Waals surface area contributed by atoms with Crippen LogP contribution < -0.4 is 10.6 Å². The van der Waals surface area contributed by atoms with Crippen molar-refractivity contribution in [1.29, 1.82) is 0 Å². The van der Waals surface area contributed by atoms with E-state index in [4.69, 9.17) is 0 Å². The van der Waals surface area contributed by atoms with E-state index in [0.717, 1.165) is 27.3 Å². The summed E-state index contributed by atoms with van der Waals surface area (Å²) in [5, 5.41) is 14.9. The normalized spacial score (nSPS) is 17.6. The molecule has 3 aromatic rings. The first kappa shape index (κ1) is 26.2. The van der Waals surface area contributed by atoms with Crippen molar-refractivity contribution in [2.45, 2.75) is 36.8 Å². The number of anilines is 2. The quantitative estimate of drug-likeness (QED) is 0.239. The maximum atomic E-state index is 13.5. The van der Waals surface area contributed by atoms with Gasteiger partial charge < -0.3 is 15.7 Å². The Bertz CT molecular complexity index is 1320. The van der Waals surface area contributed by atoms with Crippen LogP contribution in [0, 0.1) is 25.7 Å². The lowest BCUT2D eigenvalue weighted by molar-refractivity contribution is -0.146. The molecule has 2 amide bonds. The van der Waals surface area contributed by atoms with Crippen LogP contribution in [0.1, 0.15) is 34.8 Å². The van der Waals surface area contributed by atoms with E-state index < -0.39 is 23.1 Å². The average molecular weight is 515 g/mol. The van der Waals surface area contributed by atoms with Crippen molar-refractivity contribution in [2.24, 2.45) is 11.8 Å². The number of allylic oxidation sites excluding steroid dienone is 2. The Hall–Kier alpha value is -3.84. The van der Waals surface area contributed by atoms with E-state index in [-0.39, 0.29) is 11.8 Å². The zero-order chi connectivity index (χ0) is 26.4. The van der Waals surface area contributed by atoms with Gasteiger partial charge in [0.25, 0.3) is 0 Å². The molecule has 4 rings (SSSR count). The lowest BCUT2D eigenvalue weighted by Gasteiger charge is -2.24. The highest BCUT2D eigenvalue weighted by atomic mass is 32.2. The summed E-state index contributed by atoms with van der Waals surface area (Å²) < 4.78 is 0. The zero-order valence-corrected chi connectivity index (χ0v) is 21.6. The van der Waals surface area contributed by atoms with Crippen LogP contribution in [0.25, 0.3) is 0 Å². The summed E-state index contributed by atoms with van der Waals surface area (Å²) in [5.74, 6) is -2.78. The van der Waals surface area contributed by atoms with Gasteiger partial charge in [-0.05, 0) is 62.1 Å². The second kappa shape index (κ2) is 11.9. The van der Waals surface area contributed by atoms with Crippen LogP contribution in [0.5, 0.6) is 0 Å². The Morgan fingerprint density at radius 2 is 1.59 bits per heavy atom. The highest BCUT2D eigenvalue weighted by Gasteiger charge is 2.34. The van der Waals surface area contributed by atoms with Gasteiger partial charge in [0, 0.05) is 16.3 Å². The maximum Gasteiger partial charge on any atom is 0.307 e. The van der Waals surface area contributed by atoms with Gasteiger partial charge in [-0.3, -0.25) is 14.4 Å². The number of hydrogen-bond acceptors (Lipinski definition) is 4. The van der Waals surface area contributed by atoms with Crippen LogP contribution in [0.2, 0.25) is 0 Å². The van der Waals surface area contributed by atoms with Crippen molar-refractivity contribution in [1.82, 2.24) is 0 Å². The van der Waals surface area contributed by atoms with E-state index in [9.17, 15) is 19.5 Å². The van der Waals surface area contributed by atoms with Crippen molar-refractivity contribution < 1.29 is 19.5 Å². The number of carbonyl (C=O) groups is 3. The number of nitrogens with one attached hydrogen (secondary N) is 2. The van der Waals surface area contributed by atoms with Crippen LogP contribution >= 0.6 is 11.8 Å². The number of carbonyl (C=O) groups excluding carboxylic acids is 2. The lowest BCUT2D eigenvalue weighted by Crippen LogP contribution is -2.34. The summed E-state index contributed by atoms with van der Waals surface area (Å²) in [6, 6.07) is 22.8. The number of benzene rings is 3. The van der Waals surface area contributed by atoms with E-state index in [1.165, 1.54) is 11.8 Å². The molecule has 190 valence electrons. The van der Waals surface area contributed by atoms with Crippen molar-refractivity contribution in [3.05, 3.63) is 102 Å². The summed E-state index contributed by atoms with van der Waals surface area (Å²) in [7, 11) is 0. The fourth-order valence-electron chi connectivity index (χ4n) is 4.45. The van der Waals surface area contributed by atoms with Gasteiger partial charge in [-0.15, -0.1) is 11.8 Å². The molecule has 0 radical (unpaired) electrons. The third-order valence-corrected chi connectivity index (χ3v) is 7.67. The van der Waals surface area contributed by atoms with Crippen LogP contribution in [0.3, 0.4) is 0 Å².